The van der Waals surface area contributed by atoms with E-state index in [9.17, 15) is 0 Å². The molecule has 0 aromatic carbocycles. The number of methoxy groups -OCH3 is 1. The van der Waals surface area contributed by atoms with Gasteiger partial charge in [0.05, 0.1) is 18.9 Å². The first-order valence-corrected chi connectivity index (χ1v) is 6.45. The first kappa shape index (κ1) is 13.0. The third-order valence-electron chi connectivity index (χ3n) is 3.13. The van der Waals surface area contributed by atoms with Crippen LogP contribution in [0.15, 0.2) is 12.1 Å². The molecule has 0 radical (unpaired) electrons. The van der Waals surface area contributed by atoms with E-state index in [2.05, 4.69) is 10.3 Å². The van der Waals surface area contributed by atoms with Crippen LogP contribution in [-0.4, -0.2) is 31.3 Å². The number of nitrogens with two attached hydrogens (primary N) is 1. The zero-order valence-corrected chi connectivity index (χ0v) is 10.8. The number of nitrogen functional groups attached to an aromatic ring is 1. The van der Waals surface area contributed by atoms with Crippen LogP contribution in [0.1, 0.15) is 25.7 Å². The van der Waals surface area contributed by atoms with E-state index in [0.29, 0.717) is 17.7 Å². The van der Waals surface area contributed by atoms with Crippen molar-refractivity contribution in [1.29, 1.82) is 0 Å². The van der Waals surface area contributed by atoms with E-state index in [0.717, 1.165) is 25.4 Å². The van der Waals surface area contributed by atoms with Crippen molar-refractivity contribution in [3.63, 3.8) is 0 Å². The Kier molecular flexibility index (Phi) is 4.64. The first-order valence-electron chi connectivity index (χ1n) is 6.45. The third kappa shape index (κ3) is 3.50. The summed E-state index contributed by atoms with van der Waals surface area (Å²) in [6, 6.07) is 3.66. The number of anilines is 2. The minimum absolute atomic E-state index is 0.391. The summed E-state index contributed by atoms with van der Waals surface area (Å²) in [5.74, 6) is 1.26. The van der Waals surface area contributed by atoms with Crippen molar-refractivity contribution < 1.29 is 9.47 Å². The topological polar surface area (TPSA) is 69.4 Å². The lowest BCUT2D eigenvalue weighted by Gasteiger charge is -2.22. The Hall–Kier alpha value is -1.49. The molecule has 0 amide bonds. The fourth-order valence-electron chi connectivity index (χ4n) is 2.11. The van der Waals surface area contributed by atoms with Crippen molar-refractivity contribution in [2.75, 3.05) is 31.3 Å². The van der Waals surface area contributed by atoms with Crippen LogP contribution in [-0.2, 0) is 4.74 Å². The Labute approximate surface area is 108 Å². The van der Waals surface area contributed by atoms with Crippen LogP contribution < -0.4 is 15.8 Å². The van der Waals surface area contributed by atoms with Gasteiger partial charge in [-0.15, -0.1) is 0 Å². The molecular formula is C13H21N3O2. The zero-order valence-electron chi connectivity index (χ0n) is 10.8. The average Bonchev–Trinajstić information content (AvgIpc) is 2.42. The third-order valence-corrected chi connectivity index (χ3v) is 3.13. The van der Waals surface area contributed by atoms with Crippen LogP contribution in [0.3, 0.4) is 0 Å². The van der Waals surface area contributed by atoms with E-state index in [1.807, 2.05) is 6.07 Å². The molecular weight excluding hydrogens is 230 g/mol. The Morgan fingerprint density at radius 2 is 2.39 bits per heavy atom. The molecule has 1 unspecified atom stereocenters. The number of hydrogen-bond acceptors (Lipinski definition) is 5. The van der Waals surface area contributed by atoms with Gasteiger partial charge in [-0.3, -0.25) is 0 Å². The number of ether oxygens (including phenoxy) is 2. The first-order chi connectivity index (χ1) is 8.79. The average molecular weight is 251 g/mol. The lowest BCUT2D eigenvalue weighted by atomic mass is 10.1. The van der Waals surface area contributed by atoms with Crippen LogP contribution in [0.4, 0.5) is 11.5 Å². The lowest BCUT2D eigenvalue weighted by molar-refractivity contribution is 0.0134. The molecule has 1 atom stereocenters. The van der Waals surface area contributed by atoms with Gasteiger partial charge in [0.25, 0.3) is 0 Å². The van der Waals surface area contributed by atoms with Gasteiger partial charge in [-0.05, 0) is 37.8 Å². The molecule has 1 aromatic heterocycles. The van der Waals surface area contributed by atoms with Crippen LogP contribution in [0.25, 0.3) is 0 Å². The second-order valence-corrected chi connectivity index (χ2v) is 4.50. The van der Waals surface area contributed by atoms with Gasteiger partial charge >= 0.3 is 0 Å². The number of aromatic nitrogens is 1. The van der Waals surface area contributed by atoms with Gasteiger partial charge in [0, 0.05) is 13.2 Å². The van der Waals surface area contributed by atoms with Gasteiger partial charge in [0.15, 0.2) is 0 Å². The molecule has 18 heavy (non-hydrogen) atoms. The van der Waals surface area contributed by atoms with Crippen LogP contribution in [0, 0.1) is 0 Å². The van der Waals surface area contributed by atoms with Crippen molar-refractivity contribution in [3.05, 3.63) is 12.1 Å². The number of rotatable bonds is 5. The molecule has 1 aliphatic rings. The summed E-state index contributed by atoms with van der Waals surface area (Å²) >= 11 is 0. The Bertz CT molecular complexity index is 378. The SMILES string of the molecule is COc1nc(NCCC2CCCCO2)ccc1N. The predicted octanol–water partition coefficient (Wildman–Crippen LogP) is 2.04. The number of hydrogen-bond donors (Lipinski definition) is 2. The summed E-state index contributed by atoms with van der Waals surface area (Å²) in [7, 11) is 1.57. The van der Waals surface area contributed by atoms with E-state index < -0.39 is 0 Å². The molecule has 1 aliphatic heterocycles. The van der Waals surface area contributed by atoms with Gasteiger partial charge in [0.2, 0.25) is 5.88 Å². The van der Waals surface area contributed by atoms with E-state index in [1.54, 1.807) is 13.2 Å². The quantitative estimate of drug-likeness (QED) is 0.838. The molecule has 0 spiro atoms. The summed E-state index contributed by atoms with van der Waals surface area (Å²) in [5.41, 5.74) is 6.26. The normalized spacial score (nSPS) is 19.5. The van der Waals surface area contributed by atoms with E-state index in [4.69, 9.17) is 15.2 Å². The van der Waals surface area contributed by atoms with Crippen molar-refractivity contribution in [3.8, 4) is 5.88 Å². The highest BCUT2D eigenvalue weighted by Crippen LogP contribution is 2.20. The van der Waals surface area contributed by atoms with Gasteiger partial charge < -0.3 is 20.5 Å². The Morgan fingerprint density at radius 1 is 1.50 bits per heavy atom. The summed E-state index contributed by atoms with van der Waals surface area (Å²) < 4.78 is 10.8. The van der Waals surface area contributed by atoms with Crippen molar-refractivity contribution in [2.45, 2.75) is 31.8 Å². The number of nitrogens with one attached hydrogen (secondary N) is 1. The van der Waals surface area contributed by atoms with E-state index in [1.165, 1.54) is 19.3 Å². The maximum absolute atomic E-state index is 5.71. The molecule has 0 aliphatic carbocycles. The molecule has 1 saturated heterocycles. The molecule has 5 nitrogen and oxygen atoms in total. The van der Waals surface area contributed by atoms with Crippen molar-refractivity contribution in [1.82, 2.24) is 4.98 Å². The van der Waals surface area contributed by atoms with Crippen molar-refractivity contribution >= 4 is 11.5 Å². The highest BCUT2D eigenvalue weighted by Gasteiger charge is 2.13. The van der Waals surface area contributed by atoms with Crippen LogP contribution >= 0.6 is 0 Å². The van der Waals surface area contributed by atoms with E-state index in [-0.39, 0.29) is 0 Å². The predicted molar refractivity (Wildman–Crippen MR) is 71.9 cm³/mol. The highest BCUT2D eigenvalue weighted by atomic mass is 16.5. The minimum Gasteiger partial charge on any atom is -0.479 e. The molecule has 5 heteroatoms. The summed E-state index contributed by atoms with van der Waals surface area (Å²) in [6.45, 7) is 1.75. The van der Waals surface area contributed by atoms with Crippen molar-refractivity contribution in [2.24, 2.45) is 0 Å². The van der Waals surface area contributed by atoms with Gasteiger partial charge in [0.1, 0.15) is 5.82 Å². The summed E-state index contributed by atoms with van der Waals surface area (Å²) in [5, 5.41) is 3.27. The molecule has 100 valence electrons. The largest absolute Gasteiger partial charge is 0.479 e. The smallest absolute Gasteiger partial charge is 0.238 e. The summed E-state index contributed by atoms with van der Waals surface area (Å²) in [6.07, 6.45) is 5.04. The fraction of sp³-hybridized carbons (Fsp3) is 0.615. The molecule has 0 bridgehead atoms. The standard InChI is InChI=1S/C13H21N3O2/c1-17-13-11(14)5-6-12(16-13)15-8-7-10-4-2-3-9-18-10/h5-6,10H,2-4,7-9,14H2,1H3,(H,15,16). The second kappa shape index (κ2) is 6.44. The Balaban J connectivity index is 1.79. The summed E-state index contributed by atoms with van der Waals surface area (Å²) in [4.78, 5) is 4.27. The maximum Gasteiger partial charge on any atom is 0.238 e. The number of nitrogens with zero attached hydrogens (tertiary/aromatic N) is 1. The fourth-order valence-corrected chi connectivity index (χ4v) is 2.11. The van der Waals surface area contributed by atoms with Crippen LogP contribution in [0.5, 0.6) is 5.88 Å². The molecule has 1 aromatic rings. The van der Waals surface area contributed by atoms with Gasteiger partial charge in [-0.25, -0.2) is 0 Å². The van der Waals surface area contributed by atoms with Gasteiger partial charge in [-0.1, -0.05) is 0 Å². The minimum atomic E-state index is 0.391. The second-order valence-electron chi connectivity index (χ2n) is 4.50. The highest BCUT2D eigenvalue weighted by molar-refractivity contribution is 5.53. The molecule has 2 heterocycles. The monoisotopic (exact) mass is 251 g/mol. The van der Waals surface area contributed by atoms with Crippen LogP contribution in [0.2, 0.25) is 0 Å². The molecule has 3 N–H and O–H groups in total. The zero-order chi connectivity index (χ0) is 12.8. The Morgan fingerprint density at radius 3 is 3.11 bits per heavy atom. The maximum atomic E-state index is 5.71. The molecule has 1 fully saturated rings. The van der Waals surface area contributed by atoms with E-state index >= 15 is 0 Å². The van der Waals surface area contributed by atoms with Gasteiger partial charge in [-0.2, -0.15) is 4.98 Å². The lowest BCUT2D eigenvalue weighted by Crippen LogP contribution is -2.22. The number of pyridine rings is 1. The molecule has 0 saturated carbocycles. The molecule has 2 rings (SSSR count).